The van der Waals surface area contributed by atoms with E-state index in [0.29, 0.717) is 32.0 Å². The van der Waals surface area contributed by atoms with Crippen LogP contribution in [0.4, 0.5) is 4.39 Å². The molecule has 1 aliphatic rings. The van der Waals surface area contributed by atoms with Gasteiger partial charge in [0.25, 0.3) is 10.0 Å². The molecule has 0 fully saturated rings. The summed E-state index contributed by atoms with van der Waals surface area (Å²) in [6.07, 6.45) is 2.84. The van der Waals surface area contributed by atoms with Crippen LogP contribution >= 0.6 is 0 Å². The smallest absolute Gasteiger partial charge is 0.266 e. The number of nitrogens with one attached hydrogen (secondary N) is 2. The number of aryl methyl sites for hydroxylation is 1. The number of halogens is 1. The molecule has 0 aliphatic carbocycles. The molecule has 0 saturated carbocycles. The van der Waals surface area contributed by atoms with E-state index in [1.807, 2.05) is 58.2 Å². The van der Waals surface area contributed by atoms with Crippen LogP contribution in [-0.4, -0.2) is 44.8 Å². The number of nitrogens with zero attached hydrogens (tertiary/aromatic N) is 1. The number of benzene rings is 3. The third-order valence-corrected chi connectivity index (χ3v) is 7.96. The van der Waals surface area contributed by atoms with Crippen molar-refractivity contribution < 1.29 is 27.1 Å². The second kappa shape index (κ2) is 14.0. The third kappa shape index (κ3) is 8.62. The number of hydrogen-bond acceptors (Lipinski definition) is 6. The van der Waals surface area contributed by atoms with E-state index >= 15 is 0 Å². The number of amides is 2. The van der Waals surface area contributed by atoms with Crippen molar-refractivity contribution in [3.8, 4) is 5.75 Å². The molecule has 0 saturated heterocycles. The van der Waals surface area contributed by atoms with Crippen LogP contribution in [0.2, 0.25) is 0 Å². The lowest BCUT2D eigenvalue weighted by Crippen LogP contribution is -2.37. The highest BCUT2D eigenvalue weighted by atomic mass is 32.2. The quantitative estimate of drug-likeness (QED) is 0.448. The molecule has 10 heteroatoms. The monoisotopic (exact) mass is 567 g/mol. The SMILES string of the molecule is O=C1CN(Cc2ccccc2)Cc2cc(CCC(=O)NS(=O)(=O)c3ccccc3F)ccc2OCCCCCN1. The predicted octanol–water partition coefficient (Wildman–Crippen LogP) is 3.94. The van der Waals surface area contributed by atoms with E-state index < -0.39 is 26.6 Å². The molecule has 2 amide bonds. The van der Waals surface area contributed by atoms with Gasteiger partial charge < -0.3 is 10.1 Å². The van der Waals surface area contributed by atoms with Crippen molar-refractivity contribution in [2.45, 2.75) is 50.1 Å². The first-order valence-corrected chi connectivity index (χ1v) is 14.9. The maximum atomic E-state index is 14.0. The van der Waals surface area contributed by atoms with Crippen molar-refractivity contribution >= 4 is 21.8 Å². The van der Waals surface area contributed by atoms with E-state index in [1.165, 1.54) is 12.1 Å². The molecule has 1 aliphatic heterocycles. The van der Waals surface area contributed by atoms with Crippen molar-refractivity contribution in [3.05, 3.63) is 95.3 Å². The van der Waals surface area contributed by atoms with Gasteiger partial charge in [-0.2, -0.15) is 0 Å². The summed E-state index contributed by atoms with van der Waals surface area (Å²) in [7, 11) is -4.32. The van der Waals surface area contributed by atoms with E-state index in [-0.39, 0.29) is 25.3 Å². The second-order valence-corrected chi connectivity index (χ2v) is 11.4. The Balaban J connectivity index is 1.49. The molecule has 1 heterocycles. The number of carbonyl (C=O) groups is 2. The van der Waals surface area contributed by atoms with Crippen molar-refractivity contribution in [1.82, 2.24) is 14.9 Å². The van der Waals surface area contributed by atoms with Crippen molar-refractivity contribution in [3.63, 3.8) is 0 Å². The molecule has 0 aromatic heterocycles. The fourth-order valence-electron chi connectivity index (χ4n) is 4.55. The molecule has 2 N–H and O–H groups in total. The molecular weight excluding hydrogens is 533 g/mol. The fraction of sp³-hybridized carbons (Fsp3) is 0.333. The largest absolute Gasteiger partial charge is 0.493 e. The average Bonchev–Trinajstić information content (AvgIpc) is 2.93. The van der Waals surface area contributed by atoms with Crippen LogP contribution < -0.4 is 14.8 Å². The first kappa shape index (κ1) is 29.2. The van der Waals surface area contributed by atoms with Gasteiger partial charge in [-0.15, -0.1) is 0 Å². The van der Waals surface area contributed by atoms with Crippen molar-refractivity contribution in [2.75, 3.05) is 19.7 Å². The van der Waals surface area contributed by atoms with Gasteiger partial charge in [-0.05, 0) is 55.0 Å². The van der Waals surface area contributed by atoms with E-state index in [0.717, 1.165) is 48.1 Å². The number of carbonyl (C=O) groups excluding carboxylic acids is 2. The highest BCUT2D eigenvalue weighted by Crippen LogP contribution is 2.25. The molecule has 40 heavy (non-hydrogen) atoms. The molecule has 3 aromatic rings. The highest BCUT2D eigenvalue weighted by Gasteiger charge is 2.21. The van der Waals surface area contributed by atoms with Gasteiger partial charge >= 0.3 is 0 Å². The molecule has 0 atom stereocenters. The molecule has 0 unspecified atom stereocenters. The summed E-state index contributed by atoms with van der Waals surface area (Å²) in [6, 6.07) is 20.4. The summed E-state index contributed by atoms with van der Waals surface area (Å²) < 4.78 is 46.9. The Morgan fingerprint density at radius 2 is 1.73 bits per heavy atom. The maximum absolute atomic E-state index is 14.0. The summed E-state index contributed by atoms with van der Waals surface area (Å²) in [5.74, 6) is -0.979. The van der Waals surface area contributed by atoms with Gasteiger partial charge in [-0.1, -0.05) is 54.6 Å². The van der Waals surface area contributed by atoms with Crippen LogP contribution in [0.15, 0.2) is 77.7 Å². The summed E-state index contributed by atoms with van der Waals surface area (Å²) >= 11 is 0. The highest BCUT2D eigenvalue weighted by molar-refractivity contribution is 7.90. The molecule has 4 rings (SSSR count). The Bertz CT molecular complexity index is 1420. The number of ether oxygens (including phenoxy) is 1. The summed E-state index contributed by atoms with van der Waals surface area (Å²) in [5, 5.41) is 3.00. The zero-order chi connectivity index (χ0) is 28.4. The van der Waals surface area contributed by atoms with E-state index in [2.05, 4.69) is 5.32 Å². The van der Waals surface area contributed by atoms with E-state index in [1.54, 1.807) is 0 Å². The Hall–Kier alpha value is -3.76. The lowest BCUT2D eigenvalue weighted by molar-refractivity contribution is -0.122. The number of hydrogen-bond donors (Lipinski definition) is 2. The van der Waals surface area contributed by atoms with Gasteiger partial charge in [0.1, 0.15) is 16.5 Å². The van der Waals surface area contributed by atoms with Crippen LogP contribution in [0.1, 0.15) is 42.4 Å². The normalized spacial score (nSPS) is 15.4. The topological polar surface area (TPSA) is 105 Å². The predicted molar refractivity (Wildman–Crippen MR) is 149 cm³/mol. The molecule has 0 bridgehead atoms. The van der Waals surface area contributed by atoms with Gasteiger partial charge in [0.05, 0.1) is 13.2 Å². The Morgan fingerprint density at radius 3 is 2.52 bits per heavy atom. The van der Waals surface area contributed by atoms with Gasteiger partial charge in [0, 0.05) is 31.6 Å². The van der Waals surface area contributed by atoms with Gasteiger partial charge in [-0.3, -0.25) is 14.5 Å². The van der Waals surface area contributed by atoms with Crippen LogP contribution in [-0.2, 0) is 39.1 Å². The minimum atomic E-state index is -4.32. The Labute approximate surface area is 234 Å². The maximum Gasteiger partial charge on any atom is 0.266 e. The zero-order valence-corrected chi connectivity index (χ0v) is 23.1. The summed E-state index contributed by atoms with van der Waals surface area (Å²) in [5.41, 5.74) is 2.76. The fourth-order valence-corrected chi connectivity index (χ4v) is 5.65. The van der Waals surface area contributed by atoms with E-state index in [4.69, 9.17) is 4.74 Å². The number of rotatable bonds is 7. The van der Waals surface area contributed by atoms with Crippen LogP contribution in [0.25, 0.3) is 0 Å². The standard InChI is InChI=1S/C30H34FN3O5S/c31-26-11-5-6-12-28(26)40(37,38)33-29(35)16-14-23-13-15-27-25(19-23)21-34(20-24-9-3-1-4-10-24)22-30(36)32-17-7-2-8-18-39-27/h1,3-6,9-13,15,19H,2,7-8,14,16-18,20-22H2,(H,32,36)(H,33,35). The molecule has 8 nitrogen and oxygen atoms in total. The second-order valence-electron chi connectivity index (χ2n) is 9.79. The first-order valence-electron chi connectivity index (χ1n) is 13.4. The van der Waals surface area contributed by atoms with Gasteiger partial charge in [-0.25, -0.2) is 17.5 Å². The zero-order valence-electron chi connectivity index (χ0n) is 22.3. The summed E-state index contributed by atoms with van der Waals surface area (Å²) in [4.78, 5) is 26.6. The van der Waals surface area contributed by atoms with Crippen LogP contribution in [0.3, 0.4) is 0 Å². The van der Waals surface area contributed by atoms with Crippen LogP contribution in [0, 0.1) is 5.82 Å². The van der Waals surface area contributed by atoms with Gasteiger partial charge in [0.15, 0.2) is 0 Å². The number of sulfonamides is 1. The number of fused-ring (bicyclic) bond motifs is 1. The van der Waals surface area contributed by atoms with Crippen molar-refractivity contribution in [1.29, 1.82) is 0 Å². The average molecular weight is 568 g/mol. The first-order chi connectivity index (χ1) is 19.3. The molecular formula is C30H34FN3O5S. The van der Waals surface area contributed by atoms with Crippen molar-refractivity contribution in [2.24, 2.45) is 0 Å². The molecule has 3 aromatic carbocycles. The van der Waals surface area contributed by atoms with Gasteiger partial charge in [0.2, 0.25) is 11.8 Å². The lowest BCUT2D eigenvalue weighted by Gasteiger charge is -2.24. The third-order valence-electron chi connectivity index (χ3n) is 6.55. The lowest BCUT2D eigenvalue weighted by atomic mass is 10.0. The minimum absolute atomic E-state index is 0.0402. The van der Waals surface area contributed by atoms with E-state index in [9.17, 15) is 22.4 Å². The Morgan fingerprint density at radius 1 is 0.950 bits per heavy atom. The molecule has 0 radical (unpaired) electrons. The molecule has 212 valence electrons. The molecule has 0 spiro atoms. The Kier molecular flexibility index (Phi) is 10.3. The minimum Gasteiger partial charge on any atom is -0.493 e. The summed E-state index contributed by atoms with van der Waals surface area (Å²) in [6.45, 7) is 2.40. The van der Waals surface area contributed by atoms with Crippen LogP contribution in [0.5, 0.6) is 5.75 Å².